The van der Waals surface area contributed by atoms with Crippen LogP contribution in [0.3, 0.4) is 0 Å². The fourth-order valence-electron chi connectivity index (χ4n) is 2.76. The van der Waals surface area contributed by atoms with Crippen molar-refractivity contribution in [3.63, 3.8) is 0 Å². The summed E-state index contributed by atoms with van der Waals surface area (Å²) in [4.78, 5) is 19.1. The molecule has 0 unspecified atom stereocenters. The second-order valence-electron chi connectivity index (χ2n) is 5.57. The van der Waals surface area contributed by atoms with E-state index in [-0.39, 0.29) is 5.97 Å². The third kappa shape index (κ3) is 3.16. The molecule has 0 atom stereocenters. The quantitative estimate of drug-likeness (QED) is 0.795. The van der Waals surface area contributed by atoms with Crippen LogP contribution in [0, 0.1) is 6.92 Å². The number of aromatic nitrogens is 2. The number of thiazole rings is 1. The van der Waals surface area contributed by atoms with Crippen molar-refractivity contribution in [2.75, 3.05) is 24.6 Å². The van der Waals surface area contributed by atoms with Crippen molar-refractivity contribution < 1.29 is 9.53 Å². The molecule has 0 bridgehead atoms. The lowest BCUT2D eigenvalue weighted by Crippen LogP contribution is -2.17. The molecule has 1 saturated heterocycles. The number of aryl methyl sites for hydroxylation is 1. The molecule has 0 saturated carbocycles. The highest BCUT2D eigenvalue weighted by molar-refractivity contribution is 7.13. The highest BCUT2D eigenvalue weighted by atomic mass is 32.1. The number of rotatable bonds is 5. The largest absolute Gasteiger partial charge is 0.461 e. The Bertz CT molecular complexity index is 656. The predicted octanol–water partition coefficient (Wildman–Crippen LogP) is 3.08. The lowest BCUT2D eigenvalue weighted by molar-refractivity contribution is 0.0514. The normalized spacial score (nSPS) is 14.5. The topological polar surface area (TPSA) is 47.4 Å². The van der Waals surface area contributed by atoms with Gasteiger partial charge < -0.3 is 14.2 Å². The van der Waals surface area contributed by atoms with Crippen LogP contribution in [0.2, 0.25) is 0 Å². The first-order valence-electron chi connectivity index (χ1n) is 7.70. The number of ether oxygens (including phenoxy) is 1. The Kier molecular flexibility index (Phi) is 4.47. The summed E-state index contributed by atoms with van der Waals surface area (Å²) in [6.45, 7) is 7.00. The van der Waals surface area contributed by atoms with Gasteiger partial charge in [-0.25, -0.2) is 9.78 Å². The van der Waals surface area contributed by atoms with Gasteiger partial charge in [0, 0.05) is 24.7 Å². The van der Waals surface area contributed by atoms with Gasteiger partial charge in [0.15, 0.2) is 5.13 Å². The molecular formula is C16H21N3O2S. The van der Waals surface area contributed by atoms with Crippen LogP contribution >= 0.6 is 11.3 Å². The van der Waals surface area contributed by atoms with E-state index >= 15 is 0 Å². The van der Waals surface area contributed by atoms with Gasteiger partial charge in [0.25, 0.3) is 0 Å². The Labute approximate surface area is 134 Å². The van der Waals surface area contributed by atoms with Crippen molar-refractivity contribution in [2.24, 2.45) is 0 Å². The molecule has 0 aromatic carbocycles. The first-order chi connectivity index (χ1) is 10.7. The smallest absolute Gasteiger partial charge is 0.354 e. The summed E-state index contributed by atoms with van der Waals surface area (Å²) in [6, 6.07) is 1.87. The van der Waals surface area contributed by atoms with Crippen LogP contribution in [0.15, 0.2) is 17.6 Å². The van der Waals surface area contributed by atoms with E-state index in [2.05, 4.69) is 10.3 Å². The van der Waals surface area contributed by atoms with E-state index in [0.717, 1.165) is 29.5 Å². The summed E-state index contributed by atoms with van der Waals surface area (Å²) in [6.07, 6.45) is 4.47. The van der Waals surface area contributed by atoms with Gasteiger partial charge in [0.2, 0.25) is 0 Å². The van der Waals surface area contributed by atoms with Gasteiger partial charge in [0.1, 0.15) is 5.69 Å². The van der Waals surface area contributed by atoms with E-state index in [1.807, 2.05) is 30.7 Å². The molecule has 2 aromatic heterocycles. The molecule has 0 N–H and O–H groups in total. The maximum Gasteiger partial charge on any atom is 0.354 e. The molecule has 0 radical (unpaired) electrons. The second kappa shape index (κ2) is 6.52. The van der Waals surface area contributed by atoms with E-state index in [0.29, 0.717) is 18.8 Å². The first-order valence-corrected chi connectivity index (χ1v) is 8.58. The number of anilines is 1. The van der Waals surface area contributed by atoms with Gasteiger partial charge in [-0.1, -0.05) is 0 Å². The van der Waals surface area contributed by atoms with Gasteiger partial charge in [-0.05, 0) is 38.3 Å². The number of nitrogens with zero attached hydrogens (tertiary/aromatic N) is 3. The van der Waals surface area contributed by atoms with Gasteiger partial charge in [-0.15, -0.1) is 11.3 Å². The van der Waals surface area contributed by atoms with Crippen molar-refractivity contribution >= 4 is 22.4 Å². The molecule has 0 aliphatic carbocycles. The van der Waals surface area contributed by atoms with Crippen molar-refractivity contribution in [2.45, 2.75) is 33.2 Å². The summed E-state index contributed by atoms with van der Waals surface area (Å²) in [7, 11) is 0. The van der Waals surface area contributed by atoms with Crippen LogP contribution in [0.5, 0.6) is 0 Å². The molecule has 0 spiro atoms. The maximum absolute atomic E-state index is 12.0. The van der Waals surface area contributed by atoms with Crippen LogP contribution in [-0.2, 0) is 11.3 Å². The lowest BCUT2D eigenvalue weighted by atomic mass is 10.3. The Hall–Kier alpha value is -1.82. The highest BCUT2D eigenvalue weighted by Crippen LogP contribution is 2.25. The SMILES string of the molecule is CCOC(=O)c1cc(C)cn1Cc1csc(N2CCCC2)n1. The molecule has 1 fully saturated rings. The third-order valence-electron chi connectivity index (χ3n) is 3.77. The van der Waals surface area contributed by atoms with Crippen molar-refractivity contribution in [1.82, 2.24) is 9.55 Å². The highest BCUT2D eigenvalue weighted by Gasteiger charge is 2.17. The van der Waals surface area contributed by atoms with Crippen LogP contribution in [-0.4, -0.2) is 35.2 Å². The molecule has 5 nitrogen and oxygen atoms in total. The maximum atomic E-state index is 12.0. The van der Waals surface area contributed by atoms with E-state index in [4.69, 9.17) is 9.72 Å². The van der Waals surface area contributed by atoms with E-state index < -0.39 is 0 Å². The molecule has 1 aliphatic rings. The Morgan fingerprint density at radius 2 is 2.18 bits per heavy atom. The van der Waals surface area contributed by atoms with Gasteiger partial charge >= 0.3 is 5.97 Å². The zero-order valence-corrected chi connectivity index (χ0v) is 13.9. The van der Waals surface area contributed by atoms with Gasteiger partial charge in [0.05, 0.1) is 18.8 Å². The van der Waals surface area contributed by atoms with Crippen LogP contribution in [0.1, 0.15) is 41.5 Å². The van der Waals surface area contributed by atoms with Crippen molar-refractivity contribution in [1.29, 1.82) is 0 Å². The van der Waals surface area contributed by atoms with E-state index in [1.54, 1.807) is 11.3 Å². The summed E-state index contributed by atoms with van der Waals surface area (Å²) >= 11 is 1.68. The first kappa shape index (κ1) is 15.1. The minimum absolute atomic E-state index is 0.273. The number of hydrogen-bond donors (Lipinski definition) is 0. The van der Waals surface area contributed by atoms with Crippen molar-refractivity contribution in [3.8, 4) is 0 Å². The fraction of sp³-hybridized carbons (Fsp3) is 0.500. The average Bonchev–Trinajstić information content (AvgIpc) is 3.19. The zero-order chi connectivity index (χ0) is 15.5. The number of hydrogen-bond acceptors (Lipinski definition) is 5. The molecule has 3 heterocycles. The average molecular weight is 319 g/mol. The van der Waals surface area contributed by atoms with Crippen molar-refractivity contribution in [3.05, 3.63) is 34.6 Å². The molecule has 1 aliphatic heterocycles. The number of carbonyl (C=O) groups excluding carboxylic acids is 1. The summed E-state index contributed by atoms with van der Waals surface area (Å²) in [5.41, 5.74) is 2.64. The van der Waals surface area contributed by atoms with E-state index in [1.165, 1.54) is 12.8 Å². The minimum Gasteiger partial charge on any atom is -0.461 e. The second-order valence-corrected chi connectivity index (χ2v) is 6.40. The third-order valence-corrected chi connectivity index (χ3v) is 4.72. The molecule has 6 heteroatoms. The standard InChI is InChI=1S/C16H21N3O2S/c1-3-21-15(20)14-8-12(2)9-19(14)10-13-11-22-16(17-13)18-6-4-5-7-18/h8-9,11H,3-7,10H2,1-2H3. The summed E-state index contributed by atoms with van der Waals surface area (Å²) in [5.74, 6) is -0.273. The Morgan fingerprint density at radius 3 is 2.91 bits per heavy atom. The number of esters is 1. The zero-order valence-electron chi connectivity index (χ0n) is 13.0. The molecular weight excluding hydrogens is 298 g/mol. The van der Waals surface area contributed by atoms with Gasteiger partial charge in [-0.2, -0.15) is 0 Å². The van der Waals surface area contributed by atoms with Gasteiger partial charge in [-0.3, -0.25) is 0 Å². The summed E-state index contributed by atoms with van der Waals surface area (Å²) in [5, 5.41) is 3.17. The molecule has 22 heavy (non-hydrogen) atoms. The molecule has 118 valence electrons. The summed E-state index contributed by atoms with van der Waals surface area (Å²) < 4.78 is 7.05. The van der Waals surface area contributed by atoms with Crippen LogP contribution in [0.4, 0.5) is 5.13 Å². The molecule has 3 rings (SSSR count). The van der Waals surface area contributed by atoms with Crippen LogP contribution < -0.4 is 4.90 Å². The fourth-order valence-corrected chi connectivity index (χ4v) is 3.63. The Balaban J connectivity index is 1.76. The van der Waals surface area contributed by atoms with E-state index in [9.17, 15) is 4.79 Å². The monoisotopic (exact) mass is 319 g/mol. The molecule has 0 amide bonds. The Morgan fingerprint density at radius 1 is 1.41 bits per heavy atom. The minimum atomic E-state index is -0.273. The predicted molar refractivity (Wildman–Crippen MR) is 87.8 cm³/mol. The number of carbonyl (C=O) groups is 1. The lowest BCUT2D eigenvalue weighted by Gasteiger charge is -2.12. The van der Waals surface area contributed by atoms with Crippen LogP contribution in [0.25, 0.3) is 0 Å². The molecule has 2 aromatic rings.